The Hall–Kier alpha value is -1.98. The maximum absolute atomic E-state index is 13.7. The molecule has 108 valence electrons. The van der Waals surface area contributed by atoms with Crippen LogP contribution in [0.4, 0.5) is 8.78 Å². The molecule has 4 nitrogen and oxygen atoms in total. The maximum Gasteiger partial charge on any atom is 0.246 e. The van der Waals surface area contributed by atoms with Gasteiger partial charge in [0.15, 0.2) is 0 Å². The van der Waals surface area contributed by atoms with E-state index in [0.717, 1.165) is 18.2 Å². The molecular formula is C14H16F2N2O2. The highest BCUT2D eigenvalue weighted by atomic mass is 19.1. The van der Waals surface area contributed by atoms with Gasteiger partial charge in [-0.1, -0.05) is 0 Å². The van der Waals surface area contributed by atoms with Crippen molar-refractivity contribution < 1.29 is 18.4 Å². The zero-order valence-electron chi connectivity index (χ0n) is 11.5. The van der Waals surface area contributed by atoms with Crippen LogP contribution in [0.15, 0.2) is 18.2 Å². The van der Waals surface area contributed by atoms with Gasteiger partial charge in [0.2, 0.25) is 11.8 Å². The summed E-state index contributed by atoms with van der Waals surface area (Å²) in [6.45, 7) is 4.56. The van der Waals surface area contributed by atoms with Crippen molar-refractivity contribution in [2.75, 3.05) is 0 Å². The standard InChI is InChI=1S/C14H16F2N2O2/c1-8-12(19)18(14(2,3)13(20)17-8)7-9-6-10(15)4-5-11(9)16/h4-6,8H,7H2,1-3H3,(H,17,20). The number of nitrogens with zero attached hydrogens (tertiary/aromatic N) is 1. The van der Waals surface area contributed by atoms with Crippen molar-refractivity contribution in [1.82, 2.24) is 10.2 Å². The first-order valence-electron chi connectivity index (χ1n) is 6.30. The lowest BCUT2D eigenvalue weighted by Crippen LogP contribution is -2.67. The Morgan fingerprint density at radius 3 is 2.60 bits per heavy atom. The van der Waals surface area contributed by atoms with E-state index in [2.05, 4.69) is 5.32 Å². The molecule has 0 radical (unpaired) electrons. The minimum Gasteiger partial charge on any atom is -0.343 e. The Labute approximate surface area is 115 Å². The van der Waals surface area contributed by atoms with Crippen molar-refractivity contribution in [2.45, 2.75) is 38.9 Å². The molecule has 1 saturated heterocycles. The van der Waals surface area contributed by atoms with Crippen LogP contribution in [0.1, 0.15) is 26.3 Å². The molecule has 1 atom stereocenters. The predicted molar refractivity (Wildman–Crippen MR) is 68.6 cm³/mol. The van der Waals surface area contributed by atoms with Gasteiger partial charge in [-0.05, 0) is 39.0 Å². The third-order valence-corrected chi connectivity index (χ3v) is 3.55. The van der Waals surface area contributed by atoms with E-state index in [1.54, 1.807) is 20.8 Å². The summed E-state index contributed by atoms with van der Waals surface area (Å²) in [6.07, 6.45) is 0. The molecule has 0 saturated carbocycles. The zero-order valence-corrected chi connectivity index (χ0v) is 11.5. The molecule has 6 heteroatoms. The Balaban J connectivity index is 2.36. The van der Waals surface area contributed by atoms with Crippen LogP contribution in [0.25, 0.3) is 0 Å². The summed E-state index contributed by atoms with van der Waals surface area (Å²) in [4.78, 5) is 25.4. The Morgan fingerprint density at radius 1 is 1.30 bits per heavy atom. The zero-order chi connectivity index (χ0) is 15.1. The molecule has 1 N–H and O–H groups in total. The topological polar surface area (TPSA) is 49.4 Å². The van der Waals surface area contributed by atoms with Crippen molar-refractivity contribution in [1.29, 1.82) is 0 Å². The van der Waals surface area contributed by atoms with Crippen molar-refractivity contribution in [3.8, 4) is 0 Å². The van der Waals surface area contributed by atoms with Gasteiger partial charge in [0, 0.05) is 12.1 Å². The van der Waals surface area contributed by atoms with Gasteiger partial charge in [0.25, 0.3) is 0 Å². The summed E-state index contributed by atoms with van der Waals surface area (Å²) in [5.41, 5.74) is -1.06. The number of hydrogen-bond donors (Lipinski definition) is 1. The van der Waals surface area contributed by atoms with Gasteiger partial charge in [-0.2, -0.15) is 0 Å². The minimum absolute atomic E-state index is 0.0494. The van der Waals surface area contributed by atoms with Crippen LogP contribution < -0.4 is 5.32 Å². The number of amides is 2. The van der Waals surface area contributed by atoms with Gasteiger partial charge in [0.05, 0.1) is 0 Å². The van der Waals surface area contributed by atoms with Crippen molar-refractivity contribution >= 4 is 11.8 Å². The van der Waals surface area contributed by atoms with E-state index in [1.165, 1.54) is 4.90 Å². The van der Waals surface area contributed by atoms with E-state index in [0.29, 0.717) is 0 Å². The number of halogens is 2. The number of hydrogen-bond acceptors (Lipinski definition) is 2. The molecular weight excluding hydrogens is 266 g/mol. The largest absolute Gasteiger partial charge is 0.343 e. The summed E-state index contributed by atoms with van der Waals surface area (Å²) < 4.78 is 26.9. The fourth-order valence-electron chi connectivity index (χ4n) is 2.18. The van der Waals surface area contributed by atoms with Gasteiger partial charge in [-0.3, -0.25) is 9.59 Å². The van der Waals surface area contributed by atoms with Gasteiger partial charge in [-0.25, -0.2) is 8.78 Å². The lowest BCUT2D eigenvalue weighted by molar-refractivity contribution is -0.155. The van der Waals surface area contributed by atoms with Crippen LogP contribution in [0.5, 0.6) is 0 Å². The summed E-state index contributed by atoms with van der Waals surface area (Å²) in [5.74, 6) is -1.82. The molecule has 1 heterocycles. The van der Waals surface area contributed by atoms with Crippen molar-refractivity contribution in [3.05, 3.63) is 35.4 Å². The van der Waals surface area contributed by atoms with Crippen LogP contribution in [-0.4, -0.2) is 28.3 Å². The number of rotatable bonds is 2. The van der Waals surface area contributed by atoms with E-state index in [9.17, 15) is 18.4 Å². The molecule has 1 unspecified atom stereocenters. The van der Waals surface area contributed by atoms with E-state index < -0.39 is 23.2 Å². The molecule has 0 aromatic heterocycles. The second-order valence-electron chi connectivity index (χ2n) is 5.41. The summed E-state index contributed by atoms with van der Waals surface area (Å²) in [6, 6.07) is 2.38. The van der Waals surface area contributed by atoms with Crippen LogP contribution >= 0.6 is 0 Å². The first-order valence-corrected chi connectivity index (χ1v) is 6.30. The van der Waals surface area contributed by atoms with Crippen LogP contribution in [-0.2, 0) is 16.1 Å². The normalized spacial score (nSPS) is 21.9. The quantitative estimate of drug-likeness (QED) is 0.895. The fourth-order valence-corrected chi connectivity index (χ4v) is 2.18. The Morgan fingerprint density at radius 2 is 1.95 bits per heavy atom. The number of benzene rings is 1. The molecule has 0 spiro atoms. The van der Waals surface area contributed by atoms with E-state index in [1.807, 2.05) is 0 Å². The van der Waals surface area contributed by atoms with Gasteiger partial charge in [0.1, 0.15) is 23.2 Å². The monoisotopic (exact) mass is 282 g/mol. The molecule has 1 aromatic rings. The molecule has 20 heavy (non-hydrogen) atoms. The first-order chi connectivity index (χ1) is 9.23. The molecule has 1 fully saturated rings. The van der Waals surface area contributed by atoms with Crippen LogP contribution in [0, 0.1) is 11.6 Å². The molecule has 1 aromatic carbocycles. The third-order valence-electron chi connectivity index (χ3n) is 3.55. The second-order valence-corrected chi connectivity index (χ2v) is 5.41. The molecule has 0 bridgehead atoms. The molecule has 2 rings (SSSR count). The highest BCUT2D eigenvalue weighted by Gasteiger charge is 2.44. The van der Waals surface area contributed by atoms with Gasteiger partial charge in [-0.15, -0.1) is 0 Å². The number of piperazine rings is 1. The average Bonchev–Trinajstić information content (AvgIpc) is 2.37. The van der Waals surface area contributed by atoms with E-state index >= 15 is 0 Å². The fraction of sp³-hybridized carbons (Fsp3) is 0.429. The first kappa shape index (κ1) is 14.4. The van der Waals surface area contributed by atoms with Crippen LogP contribution in [0.2, 0.25) is 0 Å². The lowest BCUT2D eigenvalue weighted by atomic mass is 9.95. The summed E-state index contributed by atoms with van der Waals surface area (Å²) in [7, 11) is 0. The smallest absolute Gasteiger partial charge is 0.246 e. The molecule has 1 aliphatic rings. The van der Waals surface area contributed by atoms with Gasteiger partial charge >= 0.3 is 0 Å². The third kappa shape index (κ3) is 2.37. The maximum atomic E-state index is 13.7. The Bertz CT molecular complexity index is 572. The number of carbonyl (C=O) groups excluding carboxylic acids is 2. The van der Waals surface area contributed by atoms with E-state index in [4.69, 9.17) is 0 Å². The molecule has 2 amide bonds. The number of nitrogens with one attached hydrogen (secondary N) is 1. The highest BCUT2D eigenvalue weighted by molar-refractivity contribution is 5.99. The van der Waals surface area contributed by atoms with Gasteiger partial charge < -0.3 is 10.2 Å². The lowest BCUT2D eigenvalue weighted by Gasteiger charge is -2.43. The van der Waals surface area contributed by atoms with E-state index in [-0.39, 0.29) is 23.9 Å². The predicted octanol–water partition coefficient (Wildman–Crippen LogP) is 1.59. The molecule has 0 aliphatic carbocycles. The Kier molecular flexibility index (Phi) is 3.50. The van der Waals surface area contributed by atoms with Crippen molar-refractivity contribution in [2.24, 2.45) is 0 Å². The second kappa shape index (κ2) is 4.85. The highest BCUT2D eigenvalue weighted by Crippen LogP contribution is 2.24. The van der Waals surface area contributed by atoms with Crippen molar-refractivity contribution in [3.63, 3.8) is 0 Å². The number of carbonyl (C=O) groups is 2. The summed E-state index contributed by atoms with van der Waals surface area (Å²) >= 11 is 0. The SMILES string of the molecule is CC1NC(=O)C(C)(C)N(Cc2cc(F)ccc2F)C1=O. The average molecular weight is 282 g/mol. The minimum atomic E-state index is -1.11. The molecule has 1 aliphatic heterocycles. The van der Waals surface area contributed by atoms with Crippen LogP contribution in [0.3, 0.4) is 0 Å². The summed E-state index contributed by atoms with van der Waals surface area (Å²) in [5, 5.41) is 2.56.